The molecule has 0 aromatic heterocycles. The van der Waals surface area contributed by atoms with Gasteiger partial charge in [0.05, 0.1) is 10.6 Å². The van der Waals surface area contributed by atoms with Crippen molar-refractivity contribution in [3.05, 3.63) is 33.8 Å². The molecule has 0 bridgehead atoms. The zero-order chi connectivity index (χ0) is 15.4. The molecule has 2 rings (SSSR count). The van der Waals surface area contributed by atoms with Crippen molar-refractivity contribution >= 4 is 35.1 Å². The summed E-state index contributed by atoms with van der Waals surface area (Å²) in [4.78, 5) is 24.9. The Hall–Kier alpha value is -1.26. The highest BCUT2D eigenvalue weighted by Crippen LogP contribution is 2.26. The van der Waals surface area contributed by atoms with Crippen molar-refractivity contribution in [3.8, 4) is 0 Å². The summed E-state index contributed by atoms with van der Waals surface area (Å²) in [5, 5.41) is 9.59. The minimum atomic E-state index is -0.792. The molecule has 1 fully saturated rings. The summed E-state index contributed by atoms with van der Waals surface area (Å²) in [6, 6.07) is 4.84. The second kappa shape index (κ2) is 7.14. The number of carbonyl (C=O) groups excluding carboxylic acids is 1. The molecule has 21 heavy (non-hydrogen) atoms. The average molecular weight is 330 g/mol. The van der Waals surface area contributed by atoms with E-state index < -0.39 is 5.97 Å². The number of nitrogens with zero attached hydrogens (tertiary/aromatic N) is 1. The van der Waals surface area contributed by atoms with Crippen molar-refractivity contribution < 1.29 is 14.7 Å². The third-order valence-electron chi connectivity index (χ3n) is 3.73. The number of carboxylic acids is 1. The fourth-order valence-electron chi connectivity index (χ4n) is 2.65. The van der Waals surface area contributed by atoms with Gasteiger partial charge in [-0.15, -0.1) is 0 Å². The third-order valence-corrected chi connectivity index (χ3v) is 4.28. The molecule has 1 aliphatic rings. The van der Waals surface area contributed by atoms with Crippen LogP contribution in [0.15, 0.2) is 18.2 Å². The first-order chi connectivity index (χ1) is 9.97. The first kappa shape index (κ1) is 16.1. The second-order valence-corrected chi connectivity index (χ2v) is 6.16. The lowest BCUT2D eigenvalue weighted by atomic mass is 9.93. The summed E-state index contributed by atoms with van der Waals surface area (Å²) in [6.07, 6.45) is 2.61. The van der Waals surface area contributed by atoms with Gasteiger partial charge >= 0.3 is 5.97 Å². The van der Waals surface area contributed by atoms with Crippen LogP contribution in [0.1, 0.15) is 36.0 Å². The Labute approximate surface area is 133 Å². The van der Waals surface area contributed by atoms with Gasteiger partial charge < -0.3 is 10.0 Å². The first-order valence-electron chi connectivity index (χ1n) is 6.93. The van der Waals surface area contributed by atoms with Crippen molar-refractivity contribution in [2.75, 3.05) is 13.1 Å². The van der Waals surface area contributed by atoms with Gasteiger partial charge in [0, 0.05) is 24.5 Å². The highest BCUT2D eigenvalue weighted by molar-refractivity contribution is 6.36. The molecule has 1 heterocycles. The molecule has 4 nitrogen and oxygen atoms in total. The maximum Gasteiger partial charge on any atom is 0.303 e. The lowest BCUT2D eigenvalue weighted by Crippen LogP contribution is -2.40. The summed E-state index contributed by atoms with van der Waals surface area (Å²) >= 11 is 11.9. The fraction of sp³-hybridized carbons (Fsp3) is 0.467. The number of carboxylic acid groups (broad SMARTS) is 1. The van der Waals surface area contributed by atoms with Crippen LogP contribution >= 0.6 is 23.2 Å². The summed E-state index contributed by atoms with van der Waals surface area (Å²) in [5.74, 6) is -0.666. The van der Waals surface area contributed by atoms with Gasteiger partial charge in [-0.3, -0.25) is 9.59 Å². The molecule has 1 N–H and O–H groups in total. The quantitative estimate of drug-likeness (QED) is 0.915. The second-order valence-electron chi connectivity index (χ2n) is 5.32. The van der Waals surface area contributed by atoms with E-state index in [-0.39, 0.29) is 18.2 Å². The van der Waals surface area contributed by atoms with E-state index >= 15 is 0 Å². The monoisotopic (exact) mass is 329 g/mol. The summed E-state index contributed by atoms with van der Waals surface area (Å²) in [6.45, 7) is 1.27. The molecule has 0 saturated carbocycles. The van der Waals surface area contributed by atoms with E-state index in [0.717, 1.165) is 12.8 Å². The zero-order valence-electron chi connectivity index (χ0n) is 11.5. The average Bonchev–Trinajstić information content (AvgIpc) is 2.45. The molecule has 1 atom stereocenters. The molecular weight excluding hydrogens is 313 g/mol. The molecule has 1 amide bonds. The number of piperidine rings is 1. The molecule has 1 aromatic carbocycles. The Morgan fingerprint density at radius 2 is 2.10 bits per heavy atom. The van der Waals surface area contributed by atoms with E-state index in [4.69, 9.17) is 28.3 Å². The third kappa shape index (κ3) is 4.35. The number of benzene rings is 1. The van der Waals surface area contributed by atoms with Gasteiger partial charge in [-0.2, -0.15) is 0 Å². The lowest BCUT2D eigenvalue weighted by Gasteiger charge is -2.33. The maximum atomic E-state index is 12.5. The van der Waals surface area contributed by atoms with Crippen LogP contribution in [0.25, 0.3) is 0 Å². The van der Waals surface area contributed by atoms with Gasteiger partial charge in [0.25, 0.3) is 5.91 Å². The normalized spacial score (nSPS) is 18.6. The van der Waals surface area contributed by atoms with Crippen LogP contribution in [0.3, 0.4) is 0 Å². The molecule has 0 spiro atoms. The molecule has 6 heteroatoms. The number of hydrogen-bond acceptors (Lipinski definition) is 2. The van der Waals surface area contributed by atoms with Crippen LogP contribution in [-0.2, 0) is 4.79 Å². The minimum absolute atomic E-state index is 0.114. The Bertz CT molecular complexity index is 548. The smallest absolute Gasteiger partial charge is 0.303 e. The number of halogens is 2. The van der Waals surface area contributed by atoms with E-state index in [1.165, 1.54) is 0 Å². The lowest BCUT2D eigenvalue weighted by molar-refractivity contribution is -0.137. The van der Waals surface area contributed by atoms with Crippen LogP contribution in [0.5, 0.6) is 0 Å². The van der Waals surface area contributed by atoms with E-state index in [1.54, 1.807) is 23.1 Å². The maximum absolute atomic E-state index is 12.5. The van der Waals surface area contributed by atoms with Crippen LogP contribution in [-0.4, -0.2) is 35.0 Å². The van der Waals surface area contributed by atoms with Gasteiger partial charge in [-0.05, 0) is 43.4 Å². The highest BCUT2D eigenvalue weighted by Gasteiger charge is 2.25. The Balaban J connectivity index is 2.03. The number of carbonyl (C=O) groups is 2. The number of likely N-dealkylation sites (tertiary alicyclic amines) is 1. The van der Waals surface area contributed by atoms with Crippen molar-refractivity contribution in [1.29, 1.82) is 0 Å². The standard InChI is InChI=1S/C15H17Cl2NO3/c16-11-4-5-12(13(17)8-11)15(21)18-7-1-2-10(9-18)3-6-14(19)20/h4-5,8,10H,1-3,6-7,9H2,(H,19,20)/t10-/m1/s1. The summed E-state index contributed by atoms with van der Waals surface area (Å²) < 4.78 is 0. The van der Waals surface area contributed by atoms with E-state index in [1.807, 2.05) is 0 Å². The summed E-state index contributed by atoms with van der Waals surface area (Å²) in [5.41, 5.74) is 0.444. The predicted molar refractivity (Wildman–Crippen MR) is 82.0 cm³/mol. The van der Waals surface area contributed by atoms with Crippen molar-refractivity contribution in [2.24, 2.45) is 5.92 Å². The molecule has 1 saturated heterocycles. The molecule has 0 aliphatic carbocycles. The molecular formula is C15H17Cl2NO3. The van der Waals surface area contributed by atoms with Crippen LogP contribution in [0.2, 0.25) is 10.0 Å². The van der Waals surface area contributed by atoms with E-state index in [0.29, 0.717) is 35.1 Å². The van der Waals surface area contributed by atoms with Gasteiger partial charge in [0.2, 0.25) is 0 Å². The topological polar surface area (TPSA) is 57.6 Å². The highest BCUT2D eigenvalue weighted by atomic mass is 35.5. The number of aliphatic carboxylic acids is 1. The molecule has 1 aromatic rings. The Morgan fingerprint density at radius 1 is 1.33 bits per heavy atom. The van der Waals surface area contributed by atoms with Gasteiger partial charge in [-0.25, -0.2) is 0 Å². The van der Waals surface area contributed by atoms with E-state index in [9.17, 15) is 9.59 Å². The Kier molecular flexibility index (Phi) is 5.48. The molecule has 114 valence electrons. The van der Waals surface area contributed by atoms with Crippen LogP contribution < -0.4 is 0 Å². The number of amides is 1. The van der Waals surface area contributed by atoms with Crippen molar-refractivity contribution in [2.45, 2.75) is 25.7 Å². The van der Waals surface area contributed by atoms with Gasteiger partial charge in [-0.1, -0.05) is 23.2 Å². The Morgan fingerprint density at radius 3 is 2.76 bits per heavy atom. The SMILES string of the molecule is O=C(O)CC[C@H]1CCCN(C(=O)c2ccc(Cl)cc2Cl)C1. The fourth-order valence-corrected chi connectivity index (χ4v) is 3.14. The minimum Gasteiger partial charge on any atom is -0.481 e. The largest absolute Gasteiger partial charge is 0.481 e. The van der Waals surface area contributed by atoms with Crippen LogP contribution in [0, 0.1) is 5.92 Å². The van der Waals surface area contributed by atoms with Crippen molar-refractivity contribution in [3.63, 3.8) is 0 Å². The number of hydrogen-bond donors (Lipinski definition) is 1. The van der Waals surface area contributed by atoms with Gasteiger partial charge in [0.15, 0.2) is 0 Å². The first-order valence-corrected chi connectivity index (χ1v) is 7.69. The molecule has 0 unspecified atom stereocenters. The van der Waals surface area contributed by atoms with Gasteiger partial charge in [0.1, 0.15) is 0 Å². The predicted octanol–water partition coefficient (Wildman–Crippen LogP) is 3.71. The van der Waals surface area contributed by atoms with E-state index in [2.05, 4.69) is 0 Å². The molecule has 1 aliphatic heterocycles. The summed E-state index contributed by atoms with van der Waals surface area (Å²) in [7, 11) is 0. The molecule has 0 radical (unpaired) electrons. The van der Waals surface area contributed by atoms with Crippen molar-refractivity contribution in [1.82, 2.24) is 4.90 Å². The van der Waals surface area contributed by atoms with Crippen LogP contribution in [0.4, 0.5) is 0 Å². The zero-order valence-corrected chi connectivity index (χ0v) is 13.0. The number of rotatable bonds is 4.